The zero-order chi connectivity index (χ0) is 22.4. The van der Waals surface area contributed by atoms with Gasteiger partial charge in [-0.2, -0.15) is 0 Å². The molecule has 31 heavy (non-hydrogen) atoms. The highest BCUT2D eigenvalue weighted by atomic mass is 32.2. The largest absolute Gasteiger partial charge is 0.481 e. The van der Waals surface area contributed by atoms with Crippen molar-refractivity contribution in [3.63, 3.8) is 0 Å². The Morgan fingerprint density at radius 3 is 2.74 bits per heavy atom. The van der Waals surface area contributed by atoms with E-state index in [1.165, 1.54) is 0 Å². The van der Waals surface area contributed by atoms with Crippen molar-refractivity contribution in [3.05, 3.63) is 34.7 Å². The zero-order valence-corrected chi connectivity index (χ0v) is 18.5. The molecule has 0 N–H and O–H groups in total. The number of carbonyl (C=O) groups is 4. The fourth-order valence-electron chi connectivity index (χ4n) is 3.54. The molecule has 9 heteroatoms. The Bertz CT molecular complexity index is 900. The fraction of sp³-hybridized carbons (Fsp3) is 0.455. The molecular formula is C22H26N2O6S. The maximum Gasteiger partial charge on any atom is 0.344 e. The highest BCUT2D eigenvalue weighted by Crippen LogP contribution is 2.34. The van der Waals surface area contributed by atoms with Crippen molar-refractivity contribution >= 4 is 40.9 Å². The van der Waals surface area contributed by atoms with Crippen molar-refractivity contribution in [2.75, 3.05) is 26.3 Å². The smallest absolute Gasteiger partial charge is 0.344 e. The van der Waals surface area contributed by atoms with Crippen molar-refractivity contribution in [2.24, 2.45) is 0 Å². The molecule has 3 rings (SSSR count). The maximum absolute atomic E-state index is 12.8. The average Bonchev–Trinajstić information content (AvgIpc) is 3.01. The van der Waals surface area contributed by atoms with Crippen LogP contribution in [0.1, 0.15) is 38.7 Å². The van der Waals surface area contributed by atoms with Gasteiger partial charge >= 0.3 is 5.97 Å². The predicted octanol–water partition coefficient (Wildman–Crippen LogP) is 3.07. The first kappa shape index (κ1) is 22.9. The Labute approximate surface area is 185 Å². The number of hydrogen-bond acceptors (Lipinski definition) is 7. The predicted molar refractivity (Wildman–Crippen MR) is 116 cm³/mol. The lowest BCUT2D eigenvalue weighted by molar-refractivity contribution is -0.145. The van der Waals surface area contributed by atoms with Gasteiger partial charge in [0, 0.05) is 18.2 Å². The first-order valence-electron chi connectivity index (χ1n) is 10.3. The van der Waals surface area contributed by atoms with Crippen LogP contribution in [0.25, 0.3) is 6.08 Å². The van der Waals surface area contributed by atoms with Crippen LogP contribution in [0.4, 0.5) is 4.79 Å². The molecule has 0 saturated carbocycles. The molecule has 2 heterocycles. The van der Waals surface area contributed by atoms with Gasteiger partial charge < -0.3 is 14.4 Å². The Hall–Kier alpha value is -2.81. The summed E-state index contributed by atoms with van der Waals surface area (Å²) in [6.45, 7) is 4.08. The van der Waals surface area contributed by atoms with Crippen LogP contribution in [-0.4, -0.2) is 65.2 Å². The van der Waals surface area contributed by atoms with Gasteiger partial charge in [-0.1, -0.05) is 18.2 Å². The van der Waals surface area contributed by atoms with E-state index < -0.39 is 17.1 Å². The summed E-state index contributed by atoms with van der Waals surface area (Å²) >= 11 is 0.788. The number of likely N-dealkylation sites (tertiary alicyclic amines) is 1. The van der Waals surface area contributed by atoms with Gasteiger partial charge in [-0.15, -0.1) is 0 Å². The minimum absolute atomic E-state index is 0.111. The number of piperidine rings is 1. The molecule has 0 aliphatic carbocycles. The molecule has 0 spiro atoms. The van der Waals surface area contributed by atoms with Crippen LogP contribution in [0, 0.1) is 0 Å². The topological polar surface area (TPSA) is 93.2 Å². The molecule has 2 aliphatic heterocycles. The molecule has 2 aliphatic rings. The summed E-state index contributed by atoms with van der Waals surface area (Å²) in [6.07, 6.45) is 4.48. The van der Waals surface area contributed by atoms with Crippen LogP contribution in [0.2, 0.25) is 0 Å². The second-order valence-electron chi connectivity index (χ2n) is 7.33. The Kier molecular flexibility index (Phi) is 7.73. The van der Waals surface area contributed by atoms with E-state index in [1.54, 1.807) is 42.2 Å². The van der Waals surface area contributed by atoms with E-state index in [0.29, 0.717) is 17.9 Å². The number of amides is 3. The second-order valence-corrected chi connectivity index (χ2v) is 8.32. The molecule has 0 radical (unpaired) electrons. The number of esters is 1. The van der Waals surface area contributed by atoms with E-state index in [0.717, 1.165) is 35.9 Å². The summed E-state index contributed by atoms with van der Waals surface area (Å²) in [5, 5.41) is -0.473. The van der Waals surface area contributed by atoms with Crippen molar-refractivity contribution < 1.29 is 28.7 Å². The zero-order valence-electron chi connectivity index (χ0n) is 17.7. The number of benzene rings is 1. The monoisotopic (exact) mass is 446 g/mol. The number of para-hydroxylation sites is 1. The summed E-state index contributed by atoms with van der Waals surface area (Å²) in [5.41, 5.74) is 0.549. The third-order valence-corrected chi connectivity index (χ3v) is 6.05. The van der Waals surface area contributed by atoms with Crippen LogP contribution < -0.4 is 4.74 Å². The van der Waals surface area contributed by atoms with Gasteiger partial charge in [-0.05, 0) is 57.0 Å². The van der Waals surface area contributed by atoms with Crippen LogP contribution in [0.5, 0.6) is 5.75 Å². The molecule has 3 amide bonds. The summed E-state index contributed by atoms with van der Waals surface area (Å²) in [6, 6.07) is 6.99. The fourth-order valence-corrected chi connectivity index (χ4v) is 4.37. The molecule has 0 bridgehead atoms. The quantitative estimate of drug-likeness (QED) is 0.469. The van der Waals surface area contributed by atoms with Gasteiger partial charge in [0.15, 0.2) is 6.61 Å². The molecule has 0 aromatic heterocycles. The van der Waals surface area contributed by atoms with Crippen LogP contribution >= 0.6 is 11.8 Å². The minimum Gasteiger partial charge on any atom is -0.481 e. The van der Waals surface area contributed by atoms with E-state index in [4.69, 9.17) is 9.47 Å². The van der Waals surface area contributed by atoms with Gasteiger partial charge in [0.25, 0.3) is 11.1 Å². The molecule has 8 nitrogen and oxygen atoms in total. The van der Waals surface area contributed by atoms with Crippen molar-refractivity contribution in [2.45, 2.75) is 39.2 Å². The van der Waals surface area contributed by atoms with Gasteiger partial charge in [-0.3, -0.25) is 19.3 Å². The number of ether oxygens (including phenoxy) is 2. The first-order chi connectivity index (χ1) is 14.9. The van der Waals surface area contributed by atoms with Gasteiger partial charge in [-0.25, -0.2) is 4.79 Å². The summed E-state index contributed by atoms with van der Waals surface area (Å²) in [7, 11) is 0. The SMILES string of the molecule is CCOC(=O)COc1ccccc1/C=C1\SC(=O)N(CC(=O)N2CCCC[C@H]2C)C1=O. The van der Waals surface area contributed by atoms with E-state index >= 15 is 0 Å². The van der Waals surface area contributed by atoms with Gasteiger partial charge in [0.2, 0.25) is 5.91 Å². The first-order valence-corrected chi connectivity index (χ1v) is 11.1. The maximum atomic E-state index is 12.8. The van der Waals surface area contributed by atoms with E-state index in [-0.39, 0.29) is 36.6 Å². The number of carbonyl (C=O) groups excluding carboxylic acids is 4. The van der Waals surface area contributed by atoms with Gasteiger partial charge in [0.1, 0.15) is 12.3 Å². The Morgan fingerprint density at radius 1 is 1.23 bits per heavy atom. The lowest BCUT2D eigenvalue weighted by Gasteiger charge is -2.34. The lowest BCUT2D eigenvalue weighted by Crippen LogP contribution is -2.47. The van der Waals surface area contributed by atoms with Crippen molar-refractivity contribution in [1.82, 2.24) is 9.80 Å². The summed E-state index contributed by atoms with van der Waals surface area (Å²) in [4.78, 5) is 52.4. The van der Waals surface area contributed by atoms with Crippen LogP contribution in [-0.2, 0) is 19.1 Å². The minimum atomic E-state index is -0.506. The second kappa shape index (κ2) is 10.5. The van der Waals surface area contributed by atoms with Crippen molar-refractivity contribution in [1.29, 1.82) is 0 Å². The number of imide groups is 1. The van der Waals surface area contributed by atoms with E-state index in [9.17, 15) is 19.2 Å². The normalized spacial score (nSPS) is 20.3. The number of nitrogens with zero attached hydrogens (tertiary/aromatic N) is 2. The molecule has 2 saturated heterocycles. The van der Waals surface area contributed by atoms with Crippen LogP contribution in [0.15, 0.2) is 29.2 Å². The Balaban J connectivity index is 1.70. The van der Waals surface area contributed by atoms with E-state index in [2.05, 4.69) is 0 Å². The highest BCUT2D eigenvalue weighted by Gasteiger charge is 2.38. The van der Waals surface area contributed by atoms with Crippen LogP contribution in [0.3, 0.4) is 0 Å². The standard InChI is InChI=1S/C22H26N2O6S/c1-3-29-20(26)14-30-17-10-5-4-9-16(17)12-18-21(27)24(22(28)31-18)13-19(25)23-11-7-6-8-15(23)2/h4-5,9-10,12,15H,3,6-8,11,13-14H2,1-2H3/b18-12-/t15-/m1/s1. The third kappa shape index (κ3) is 5.66. The summed E-state index contributed by atoms with van der Waals surface area (Å²) < 4.78 is 10.4. The Morgan fingerprint density at radius 2 is 2.00 bits per heavy atom. The molecule has 2 fully saturated rings. The molecule has 1 atom stereocenters. The molecule has 1 aromatic rings. The summed E-state index contributed by atoms with van der Waals surface area (Å²) in [5.74, 6) is -0.828. The number of hydrogen-bond donors (Lipinski definition) is 0. The molecule has 1 aromatic carbocycles. The lowest BCUT2D eigenvalue weighted by atomic mass is 10.0. The van der Waals surface area contributed by atoms with Gasteiger partial charge in [0.05, 0.1) is 11.5 Å². The average molecular weight is 447 g/mol. The number of thioether (sulfide) groups is 1. The highest BCUT2D eigenvalue weighted by molar-refractivity contribution is 8.18. The molecule has 166 valence electrons. The molecular weight excluding hydrogens is 420 g/mol. The third-order valence-electron chi connectivity index (χ3n) is 5.15. The molecule has 0 unspecified atom stereocenters. The van der Waals surface area contributed by atoms with Crippen molar-refractivity contribution in [3.8, 4) is 5.75 Å². The van der Waals surface area contributed by atoms with E-state index in [1.807, 2.05) is 6.92 Å². The number of rotatable bonds is 7.